The molecule has 0 saturated heterocycles. The zero-order chi connectivity index (χ0) is 11.5. The highest BCUT2D eigenvalue weighted by Gasteiger charge is 2.28. The number of nitrogens with zero attached hydrogens (tertiary/aromatic N) is 4. The quantitative estimate of drug-likeness (QED) is 0.787. The van der Waals surface area contributed by atoms with E-state index in [-0.39, 0.29) is 5.92 Å². The summed E-state index contributed by atoms with van der Waals surface area (Å²) in [6.45, 7) is 5.64. The van der Waals surface area contributed by atoms with E-state index in [0.29, 0.717) is 5.92 Å². The molecule has 16 heavy (non-hydrogen) atoms. The molecule has 1 aliphatic rings. The topological polar surface area (TPSA) is 52.8 Å². The number of nitriles is 1. The number of hydrogen-bond acceptors (Lipinski definition) is 5. The summed E-state index contributed by atoms with van der Waals surface area (Å²) in [4.78, 5) is 6.69. The molecule has 1 saturated carbocycles. The van der Waals surface area contributed by atoms with Crippen LogP contribution in [-0.4, -0.2) is 22.4 Å². The number of anilines is 1. The molecule has 0 aliphatic heterocycles. The van der Waals surface area contributed by atoms with Crippen molar-refractivity contribution in [3.63, 3.8) is 0 Å². The Morgan fingerprint density at radius 1 is 1.62 bits per heavy atom. The lowest BCUT2D eigenvalue weighted by Gasteiger charge is -2.19. The molecule has 0 bridgehead atoms. The average molecular weight is 236 g/mol. The van der Waals surface area contributed by atoms with Gasteiger partial charge in [0.05, 0.1) is 12.0 Å². The van der Waals surface area contributed by atoms with Crippen LogP contribution in [0.3, 0.4) is 0 Å². The molecule has 1 aromatic heterocycles. The highest BCUT2D eigenvalue weighted by molar-refractivity contribution is 7.09. The van der Waals surface area contributed by atoms with E-state index in [2.05, 4.69) is 27.3 Å². The third-order valence-corrected chi connectivity index (χ3v) is 3.53. The highest BCUT2D eigenvalue weighted by Crippen LogP contribution is 2.39. The zero-order valence-electron chi connectivity index (χ0n) is 9.68. The Kier molecular flexibility index (Phi) is 3.39. The van der Waals surface area contributed by atoms with Gasteiger partial charge < -0.3 is 4.90 Å². The molecule has 0 amide bonds. The van der Waals surface area contributed by atoms with Gasteiger partial charge in [-0.3, -0.25) is 0 Å². The standard InChI is InChI=1S/C11H16N4S/c1-3-15(7-8(2)6-12)11-13-10(14-16-11)9-4-5-9/h8-9H,3-5,7H2,1-2H3. The van der Waals surface area contributed by atoms with Crippen LogP contribution in [0.1, 0.15) is 38.4 Å². The first-order chi connectivity index (χ1) is 7.74. The predicted octanol–water partition coefficient (Wildman–Crippen LogP) is 2.40. The average Bonchev–Trinajstić information content (AvgIpc) is 3.04. The number of hydrogen-bond donors (Lipinski definition) is 0. The first-order valence-corrected chi connectivity index (χ1v) is 6.50. The fraction of sp³-hybridized carbons (Fsp3) is 0.727. The minimum absolute atomic E-state index is 0.0354. The molecule has 1 unspecified atom stereocenters. The van der Waals surface area contributed by atoms with Crippen molar-refractivity contribution >= 4 is 16.7 Å². The van der Waals surface area contributed by atoms with Gasteiger partial charge in [0, 0.05) is 30.5 Å². The van der Waals surface area contributed by atoms with Gasteiger partial charge in [-0.2, -0.15) is 9.64 Å². The van der Waals surface area contributed by atoms with Gasteiger partial charge in [0.25, 0.3) is 0 Å². The Labute approximate surface area is 100 Å². The normalized spacial score (nSPS) is 16.8. The highest BCUT2D eigenvalue weighted by atomic mass is 32.1. The number of rotatable bonds is 5. The summed E-state index contributed by atoms with van der Waals surface area (Å²) in [5.41, 5.74) is 0. The third-order valence-electron chi connectivity index (χ3n) is 2.74. The smallest absolute Gasteiger partial charge is 0.205 e. The summed E-state index contributed by atoms with van der Waals surface area (Å²) in [5, 5.41) is 9.78. The van der Waals surface area contributed by atoms with E-state index in [1.165, 1.54) is 24.4 Å². The second kappa shape index (κ2) is 4.79. The van der Waals surface area contributed by atoms with Gasteiger partial charge in [-0.1, -0.05) is 0 Å². The van der Waals surface area contributed by atoms with E-state index in [1.54, 1.807) is 0 Å². The zero-order valence-corrected chi connectivity index (χ0v) is 10.5. The molecule has 1 aromatic rings. The molecule has 0 spiro atoms. The molecule has 1 fully saturated rings. The first kappa shape index (κ1) is 11.3. The third kappa shape index (κ3) is 2.50. The van der Waals surface area contributed by atoms with Gasteiger partial charge in [0.1, 0.15) is 5.82 Å². The lowest BCUT2D eigenvalue weighted by atomic mass is 10.2. The fourth-order valence-corrected chi connectivity index (χ4v) is 2.39. The van der Waals surface area contributed by atoms with E-state index < -0.39 is 0 Å². The molecule has 1 aliphatic carbocycles. The maximum absolute atomic E-state index is 8.82. The molecule has 1 heterocycles. The van der Waals surface area contributed by atoms with Crippen LogP contribution in [0.15, 0.2) is 0 Å². The molecule has 2 rings (SSSR count). The van der Waals surface area contributed by atoms with Gasteiger partial charge >= 0.3 is 0 Å². The van der Waals surface area contributed by atoms with Gasteiger partial charge in [-0.05, 0) is 26.7 Å². The molecular weight excluding hydrogens is 220 g/mol. The molecule has 0 aromatic carbocycles. The largest absolute Gasteiger partial charge is 0.346 e. The molecule has 0 radical (unpaired) electrons. The minimum atomic E-state index is 0.0354. The van der Waals surface area contributed by atoms with Crippen LogP contribution in [0.25, 0.3) is 0 Å². The van der Waals surface area contributed by atoms with E-state index in [1.807, 2.05) is 6.92 Å². The van der Waals surface area contributed by atoms with Crippen LogP contribution in [0.4, 0.5) is 5.13 Å². The lowest BCUT2D eigenvalue weighted by Crippen LogP contribution is -2.27. The van der Waals surface area contributed by atoms with Crippen LogP contribution < -0.4 is 4.90 Å². The Hall–Kier alpha value is -1.15. The molecule has 4 nitrogen and oxygen atoms in total. The lowest BCUT2D eigenvalue weighted by molar-refractivity contribution is 0.683. The Morgan fingerprint density at radius 2 is 2.38 bits per heavy atom. The van der Waals surface area contributed by atoms with Crippen LogP contribution in [0.2, 0.25) is 0 Å². The minimum Gasteiger partial charge on any atom is -0.346 e. The summed E-state index contributed by atoms with van der Waals surface area (Å²) < 4.78 is 4.39. The van der Waals surface area contributed by atoms with Crippen molar-refractivity contribution in [1.82, 2.24) is 9.36 Å². The van der Waals surface area contributed by atoms with E-state index in [4.69, 9.17) is 5.26 Å². The van der Waals surface area contributed by atoms with Crippen molar-refractivity contribution < 1.29 is 0 Å². The monoisotopic (exact) mass is 236 g/mol. The maximum Gasteiger partial charge on any atom is 0.205 e. The fourth-order valence-electron chi connectivity index (χ4n) is 1.58. The van der Waals surface area contributed by atoms with Crippen molar-refractivity contribution in [3.8, 4) is 6.07 Å². The predicted molar refractivity (Wildman–Crippen MR) is 64.5 cm³/mol. The molecule has 86 valence electrons. The van der Waals surface area contributed by atoms with Gasteiger partial charge in [-0.15, -0.1) is 0 Å². The van der Waals surface area contributed by atoms with Crippen LogP contribution >= 0.6 is 11.5 Å². The van der Waals surface area contributed by atoms with E-state index in [9.17, 15) is 0 Å². The van der Waals surface area contributed by atoms with Gasteiger partial charge in [0.2, 0.25) is 5.13 Å². The molecule has 0 N–H and O–H groups in total. The molecule has 1 atom stereocenters. The van der Waals surface area contributed by atoms with Crippen molar-refractivity contribution in [2.45, 2.75) is 32.6 Å². The summed E-state index contributed by atoms with van der Waals surface area (Å²) >= 11 is 1.46. The van der Waals surface area contributed by atoms with Crippen LogP contribution in [0, 0.1) is 17.2 Å². The van der Waals surface area contributed by atoms with Gasteiger partial charge in [0.15, 0.2) is 0 Å². The summed E-state index contributed by atoms with van der Waals surface area (Å²) in [6.07, 6.45) is 2.47. The second-order valence-corrected chi connectivity index (χ2v) is 5.01. The summed E-state index contributed by atoms with van der Waals surface area (Å²) in [7, 11) is 0. The number of aromatic nitrogens is 2. The van der Waals surface area contributed by atoms with E-state index in [0.717, 1.165) is 24.0 Å². The molecule has 5 heteroatoms. The first-order valence-electron chi connectivity index (χ1n) is 5.72. The van der Waals surface area contributed by atoms with E-state index >= 15 is 0 Å². The van der Waals surface area contributed by atoms with Crippen LogP contribution in [0.5, 0.6) is 0 Å². The molecular formula is C11H16N4S. The van der Waals surface area contributed by atoms with Crippen molar-refractivity contribution in [2.75, 3.05) is 18.0 Å². The summed E-state index contributed by atoms with van der Waals surface area (Å²) in [6, 6.07) is 2.26. The van der Waals surface area contributed by atoms with Gasteiger partial charge in [-0.25, -0.2) is 4.98 Å². The summed E-state index contributed by atoms with van der Waals surface area (Å²) in [5.74, 6) is 1.65. The Morgan fingerprint density at radius 3 is 2.94 bits per heavy atom. The van der Waals surface area contributed by atoms with Crippen molar-refractivity contribution in [1.29, 1.82) is 5.26 Å². The van der Waals surface area contributed by atoms with Crippen molar-refractivity contribution in [3.05, 3.63) is 5.82 Å². The Balaban J connectivity index is 2.04. The Bertz CT molecular complexity index is 391. The SMILES string of the molecule is CCN(CC(C)C#N)c1nc(C2CC2)ns1. The van der Waals surface area contributed by atoms with Crippen LogP contribution in [-0.2, 0) is 0 Å². The second-order valence-electron chi connectivity index (χ2n) is 4.28. The van der Waals surface area contributed by atoms with Crippen molar-refractivity contribution in [2.24, 2.45) is 5.92 Å². The maximum atomic E-state index is 8.82.